The molecule has 0 fully saturated rings. The van der Waals surface area contributed by atoms with Gasteiger partial charge in [0.1, 0.15) is 6.61 Å². The Balaban J connectivity index is 2.11. The summed E-state index contributed by atoms with van der Waals surface area (Å²) in [7, 11) is 0. The van der Waals surface area contributed by atoms with E-state index in [0.29, 0.717) is 6.54 Å². The van der Waals surface area contributed by atoms with Crippen LogP contribution in [-0.2, 0) is 0 Å². The molecule has 0 heterocycles. The average Bonchev–Trinajstić information content (AvgIpc) is 2.35. The molecule has 1 aromatic rings. The number of unbranched alkanes of at least 4 members (excludes halogenated alkanes) is 3. The molecule has 0 spiro atoms. The van der Waals surface area contributed by atoms with Crippen LogP contribution >= 0.6 is 0 Å². The van der Waals surface area contributed by atoms with Crippen molar-refractivity contribution in [3.63, 3.8) is 0 Å². The molecule has 0 atom stereocenters. The summed E-state index contributed by atoms with van der Waals surface area (Å²) in [6, 6.07) is 3.71. The van der Waals surface area contributed by atoms with Crippen molar-refractivity contribution in [3.05, 3.63) is 29.8 Å². The maximum absolute atomic E-state index is 13.2. The molecule has 102 valence electrons. The Bertz CT molecular complexity index is 324. The van der Waals surface area contributed by atoms with E-state index in [1.54, 1.807) is 0 Å². The van der Waals surface area contributed by atoms with E-state index in [1.165, 1.54) is 37.5 Å². The second-order valence-corrected chi connectivity index (χ2v) is 4.21. The van der Waals surface area contributed by atoms with E-state index in [0.717, 1.165) is 13.0 Å². The zero-order valence-electron chi connectivity index (χ0n) is 10.8. The summed E-state index contributed by atoms with van der Waals surface area (Å²) in [6.07, 6.45) is 4.81. The summed E-state index contributed by atoms with van der Waals surface area (Å²) in [6.45, 7) is 3.96. The minimum atomic E-state index is -0.655. The lowest BCUT2D eigenvalue weighted by molar-refractivity contribution is 0.283. The van der Waals surface area contributed by atoms with Gasteiger partial charge < -0.3 is 10.1 Å². The SMILES string of the molecule is CCCCCCNCCOc1c(F)cccc1F. The topological polar surface area (TPSA) is 21.3 Å². The van der Waals surface area contributed by atoms with E-state index in [1.807, 2.05) is 0 Å². The van der Waals surface area contributed by atoms with Crippen molar-refractivity contribution in [2.24, 2.45) is 0 Å². The smallest absolute Gasteiger partial charge is 0.190 e. The first kappa shape index (κ1) is 14.9. The highest BCUT2D eigenvalue weighted by Gasteiger charge is 2.08. The van der Waals surface area contributed by atoms with E-state index >= 15 is 0 Å². The number of rotatable bonds is 9. The molecule has 1 rings (SSSR count). The molecule has 0 unspecified atom stereocenters. The van der Waals surface area contributed by atoms with Crippen LogP contribution < -0.4 is 10.1 Å². The molecule has 4 heteroatoms. The molecule has 0 radical (unpaired) electrons. The van der Waals surface area contributed by atoms with E-state index in [2.05, 4.69) is 12.2 Å². The number of nitrogens with one attached hydrogen (secondary N) is 1. The fourth-order valence-corrected chi connectivity index (χ4v) is 1.65. The van der Waals surface area contributed by atoms with Gasteiger partial charge in [-0.2, -0.15) is 0 Å². The molecular formula is C14H21F2NO. The highest BCUT2D eigenvalue weighted by molar-refractivity contribution is 5.25. The van der Waals surface area contributed by atoms with Crippen LogP contribution in [0.15, 0.2) is 18.2 Å². The monoisotopic (exact) mass is 257 g/mol. The molecule has 0 aliphatic rings. The van der Waals surface area contributed by atoms with Crippen molar-refractivity contribution in [2.75, 3.05) is 19.7 Å². The first-order chi connectivity index (χ1) is 8.75. The summed E-state index contributed by atoms with van der Waals surface area (Å²) >= 11 is 0. The Morgan fingerprint density at radius 1 is 1.06 bits per heavy atom. The van der Waals surface area contributed by atoms with Crippen LogP contribution in [0.2, 0.25) is 0 Å². The molecule has 0 saturated heterocycles. The van der Waals surface area contributed by atoms with E-state index in [9.17, 15) is 8.78 Å². The number of halogens is 2. The van der Waals surface area contributed by atoms with Gasteiger partial charge >= 0.3 is 0 Å². The second kappa shape index (κ2) is 8.86. The molecule has 0 bridgehead atoms. The van der Waals surface area contributed by atoms with E-state index < -0.39 is 11.6 Å². The maximum Gasteiger partial charge on any atom is 0.190 e. The molecule has 1 N–H and O–H groups in total. The molecule has 0 amide bonds. The summed E-state index contributed by atoms with van der Waals surface area (Å²) in [5.74, 6) is -1.60. The van der Waals surface area contributed by atoms with Gasteiger partial charge in [-0.05, 0) is 25.1 Å². The van der Waals surface area contributed by atoms with Crippen molar-refractivity contribution in [1.82, 2.24) is 5.32 Å². The van der Waals surface area contributed by atoms with Gasteiger partial charge in [0.05, 0.1) is 0 Å². The van der Waals surface area contributed by atoms with Crippen molar-refractivity contribution in [3.8, 4) is 5.75 Å². The normalized spacial score (nSPS) is 10.6. The fourth-order valence-electron chi connectivity index (χ4n) is 1.65. The first-order valence-corrected chi connectivity index (χ1v) is 6.53. The molecule has 0 aliphatic heterocycles. The minimum absolute atomic E-state index is 0.269. The van der Waals surface area contributed by atoms with Gasteiger partial charge in [-0.25, -0.2) is 8.78 Å². The molecule has 18 heavy (non-hydrogen) atoms. The van der Waals surface area contributed by atoms with Crippen LogP contribution in [0.5, 0.6) is 5.75 Å². The zero-order chi connectivity index (χ0) is 13.2. The van der Waals surface area contributed by atoms with E-state index in [4.69, 9.17) is 4.74 Å². The zero-order valence-corrected chi connectivity index (χ0v) is 10.8. The lowest BCUT2D eigenvalue weighted by Gasteiger charge is -2.09. The van der Waals surface area contributed by atoms with Crippen LogP contribution in [0, 0.1) is 11.6 Å². The van der Waals surface area contributed by atoms with Crippen LogP contribution in [0.4, 0.5) is 8.78 Å². The molecule has 1 aromatic carbocycles. The predicted octanol–water partition coefficient (Wildman–Crippen LogP) is 3.51. The van der Waals surface area contributed by atoms with Crippen molar-refractivity contribution >= 4 is 0 Å². The number of ether oxygens (including phenoxy) is 1. The molecule has 2 nitrogen and oxygen atoms in total. The van der Waals surface area contributed by atoms with Gasteiger partial charge in [-0.3, -0.25) is 0 Å². The number of hydrogen-bond donors (Lipinski definition) is 1. The Kier molecular flexibility index (Phi) is 7.34. The van der Waals surface area contributed by atoms with Crippen LogP contribution in [0.3, 0.4) is 0 Å². The fraction of sp³-hybridized carbons (Fsp3) is 0.571. The third-order valence-electron chi connectivity index (χ3n) is 2.65. The van der Waals surface area contributed by atoms with Crippen LogP contribution in [0.25, 0.3) is 0 Å². The molecule has 0 aliphatic carbocycles. The lowest BCUT2D eigenvalue weighted by atomic mass is 10.2. The standard InChI is InChI=1S/C14H21F2NO/c1-2-3-4-5-9-17-10-11-18-14-12(15)7-6-8-13(14)16/h6-8,17H,2-5,9-11H2,1H3. The first-order valence-electron chi connectivity index (χ1n) is 6.53. The van der Waals surface area contributed by atoms with Crippen molar-refractivity contribution < 1.29 is 13.5 Å². The maximum atomic E-state index is 13.2. The summed E-state index contributed by atoms with van der Waals surface area (Å²) in [5.41, 5.74) is 0. The quantitative estimate of drug-likeness (QED) is 0.683. The predicted molar refractivity (Wildman–Crippen MR) is 68.9 cm³/mol. The van der Waals surface area contributed by atoms with E-state index in [-0.39, 0.29) is 12.4 Å². The van der Waals surface area contributed by atoms with Crippen LogP contribution in [-0.4, -0.2) is 19.7 Å². The van der Waals surface area contributed by atoms with Gasteiger partial charge in [0.25, 0.3) is 0 Å². The average molecular weight is 257 g/mol. The highest BCUT2D eigenvalue weighted by atomic mass is 19.1. The Labute approximate surface area is 107 Å². The summed E-state index contributed by atoms with van der Waals surface area (Å²) in [4.78, 5) is 0. The molecule has 0 aromatic heterocycles. The van der Waals surface area contributed by atoms with Crippen LogP contribution in [0.1, 0.15) is 32.6 Å². The Hall–Kier alpha value is -1.16. The van der Waals surface area contributed by atoms with Crippen molar-refractivity contribution in [1.29, 1.82) is 0 Å². The Morgan fingerprint density at radius 2 is 1.78 bits per heavy atom. The summed E-state index contributed by atoms with van der Waals surface area (Å²) in [5, 5.41) is 3.18. The number of para-hydroxylation sites is 1. The molecule has 0 saturated carbocycles. The highest BCUT2D eigenvalue weighted by Crippen LogP contribution is 2.20. The molecular weight excluding hydrogens is 236 g/mol. The number of benzene rings is 1. The van der Waals surface area contributed by atoms with Gasteiger partial charge in [-0.15, -0.1) is 0 Å². The van der Waals surface area contributed by atoms with Gasteiger partial charge in [-0.1, -0.05) is 32.3 Å². The van der Waals surface area contributed by atoms with Crippen molar-refractivity contribution in [2.45, 2.75) is 32.6 Å². The second-order valence-electron chi connectivity index (χ2n) is 4.21. The van der Waals surface area contributed by atoms with Gasteiger partial charge in [0.2, 0.25) is 0 Å². The summed E-state index contributed by atoms with van der Waals surface area (Å²) < 4.78 is 31.4. The third kappa shape index (κ3) is 5.45. The third-order valence-corrected chi connectivity index (χ3v) is 2.65. The minimum Gasteiger partial charge on any atom is -0.486 e. The van der Waals surface area contributed by atoms with Gasteiger partial charge in [0, 0.05) is 6.54 Å². The number of hydrogen-bond acceptors (Lipinski definition) is 2. The van der Waals surface area contributed by atoms with Gasteiger partial charge in [0.15, 0.2) is 17.4 Å². The Morgan fingerprint density at radius 3 is 2.44 bits per heavy atom. The lowest BCUT2D eigenvalue weighted by Crippen LogP contribution is -2.22. The largest absolute Gasteiger partial charge is 0.486 e.